The summed E-state index contributed by atoms with van der Waals surface area (Å²) in [5.74, 6) is -3.00. The van der Waals surface area contributed by atoms with Crippen molar-refractivity contribution in [2.24, 2.45) is 7.05 Å². The first-order valence-corrected chi connectivity index (χ1v) is 7.47. The third kappa shape index (κ3) is 2.75. The van der Waals surface area contributed by atoms with E-state index in [-0.39, 0.29) is 16.7 Å². The average molecular weight is 335 g/mol. The minimum atomic E-state index is -1.09. The highest BCUT2D eigenvalue weighted by Crippen LogP contribution is 2.23. The molecule has 0 saturated carbocycles. The van der Waals surface area contributed by atoms with Crippen LogP contribution in [0.2, 0.25) is 0 Å². The molecule has 2 aromatic heterocycles. The smallest absolute Gasteiger partial charge is 0.345 e. The second kappa shape index (κ2) is 5.58. The Morgan fingerprint density at radius 2 is 2.00 bits per heavy atom. The maximum atomic E-state index is 13.3. The summed E-state index contributed by atoms with van der Waals surface area (Å²) in [4.78, 5) is 23.7. The number of benzene rings is 1. The molecule has 0 aliphatic carbocycles. The third-order valence-corrected chi connectivity index (χ3v) is 4.64. The highest BCUT2D eigenvalue weighted by atomic mass is 32.1. The number of aromatic carboxylic acids is 1. The van der Waals surface area contributed by atoms with Crippen LogP contribution >= 0.6 is 11.3 Å². The summed E-state index contributed by atoms with van der Waals surface area (Å²) in [6.07, 6.45) is 1.73. The second-order valence-corrected chi connectivity index (χ2v) is 6.20. The largest absolute Gasteiger partial charge is 0.477 e. The van der Waals surface area contributed by atoms with Crippen LogP contribution in [0.4, 0.5) is 8.78 Å². The Balaban J connectivity index is 2.11. The summed E-state index contributed by atoms with van der Waals surface area (Å²) in [6.45, 7) is 0. The fraction of sp³-hybridized carbons (Fsp3) is 0.125. The lowest BCUT2D eigenvalue weighted by Gasteiger charge is -2.06. The topological polar surface area (TPSA) is 59.3 Å². The van der Waals surface area contributed by atoms with Gasteiger partial charge in [-0.2, -0.15) is 0 Å². The fourth-order valence-electron chi connectivity index (χ4n) is 2.41. The number of halogens is 2. The number of nitrogens with zero attached hydrogens (tertiary/aromatic N) is 1. The van der Waals surface area contributed by atoms with Crippen LogP contribution in [0.25, 0.3) is 10.2 Å². The molecule has 4 nitrogen and oxygen atoms in total. The van der Waals surface area contributed by atoms with Gasteiger partial charge in [0.15, 0.2) is 11.6 Å². The number of fused-ring (bicyclic) bond motifs is 1. The molecule has 1 N–H and O–H groups in total. The van der Waals surface area contributed by atoms with Crippen LogP contribution in [0.5, 0.6) is 0 Å². The zero-order valence-corrected chi connectivity index (χ0v) is 12.8. The lowest BCUT2D eigenvalue weighted by molar-refractivity contribution is 0.0702. The molecule has 1 aromatic carbocycles. The average Bonchev–Trinajstić information content (AvgIpc) is 2.94. The predicted molar refractivity (Wildman–Crippen MR) is 83.2 cm³/mol. The first kappa shape index (κ1) is 15.4. The van der Waals surface area contributed by atoms with Crippen LogP contribution in [-0.2, 0) is 13.5 Å². The Kier molecular flexibility index (Phi) is 3.73. The van der Waals surface area contributed by atoms with Crippen LogP contribution < -0.4 is 5.43 Å². The van der Waals surface area contributed by atoms with Crippen LogP contribution in [-0.4, -0.2) is 15.6 Å². The first-order chi connectivity index (χ1) is 10.9. The number of hydrogen-bond acceptors (Lipinski definition) is 3. The summed E-state index contributed by atoms with van der Waals surface area (Å²) in [6, 6.07) is 4.93. The Morgan fingerprint density at radius 1 is 1.26 bits per heavy atom. The van der Waals surface area contributed by atoms with Crippen molar-refractivity contribution < 1.29 is 18.7 Å². The zero-order valence-electron chi connectivity index (χ0n) is 12.0. The Morgan fingerprint density at radius 3 is 2.65 bits per heavy atom. The minimum Gasteiger partial charge on any atom is -0.477 e. The Hall–Kier alpha value is -2.54. The van der Waals surface area contributed by atoms with Crippen molar-refractivity contribution in [1.82, 2.24) is 4.57 Å². The number of rotatable bonds is 3. The normalized spacial score (nSPS) is 11.1. The lowest BCUT2D eigenvalue weighted by Crippen LogP contribution is -2.12. The van der Waals surface area contributed by atoms with Gasteiger partial charge < -0.3 is 9.67 Å². The van der Waals surface area contributed by atoms with Crippen LogP contribution in [0.15, 0.2) is 35.3 Å². The summed E-state index contributed by atoms with van der Waals surface area (Å²) < 4.78 is 28.3. The molecule has 0 fully saturated rings. The van der Waals surface area contributed by atoms with Gasteiger partial charge in [-0.15, -0.1) is 11.3 Å². The molecule has 0 saturated heterocycles. The number of aromatic nitrogens is 1. The van der Waals surface area contributed by atoms with Gasteiger partial charge in [-0.05, 0) is 23.8 Å². The third-order valence-electron chi connectivity index (χ3n) is 3.53. The quantitative estimate of drug-likeness (QED) is 0.800. The number of carboxylic acids is 1. The number of thiophene rings is 1. The van der Waals surface area contributed by atoms with E-state index in [0.29, 0.717) is 21.3 Å². The van der Waals surface area contributed by atoms with Crippen molar-refractivity contribution in [3.63, 3.8) is 0 Å². The van der Waals surface area contributed by atoms with E-state index in [0.717, 1.165) is 23.5 Å². The van der Waals surface area contributed by atoms with Gasteiger partial charge in [0.2, 0.25) is 5.43 Å². The summed E-state index contributed by atoms with van der Waals surface area (Å²) in [7, 11) is 1.70. The highest BCUT2D eigenvalue weighted by Gasteiger charge is 2.15. The van der Waals surface area contributed by atoms with Crippen molar-refractivity contribution in [2.75, 3.05) is 0 Å². The maximum absolute atomic E-state index is 13.3. The van der Waals surface area contributed by atoms with Gasteiger partial charge in [0.25, 0.3) is 0 Å². The van der Waals surface area contributed by atoms with E-state index in [9.17, 15) is 18.4 Å². The molecule has 0 amide bonds. The molecular weight excluding hydrogens is 324 g/mol. The van der Waals surface area contributed by atoms with Crippen LogP contribution in [0.1, 0.15) is 20.8 Å². The molecule has 118 valence electrons. The van der Waals surface area contributed by atoms with E-state index in [4.69, 9.17) is 5.11 Å². The number of carbonyl (C=O) groups is 1. The molecular formula is C16H11F2NO3S. The van der Waals surface area contributed by atoms with E-state index in [2.05, 4.69) is 0 Å². The lowest BCUT2D eigenvalue weighted by atomic mass is 10.1. The van der Waals surface area contributed by atoms with Gasteiger partial charge >= 0.3 is 5.97 Å². The van der Waals surface area contributed by atoms with Gasteiger partial charge in [0, 0.05) is 25.2 Å². The first-order valence-electron chi connectivity index (χ1n) is 6.66. The minimum absolute atomic E-state index is 0.0812. The monoisotopic (exact) mass is 335 g/mol. The SMILES string of the molecule is Cn1cc(Cc2ccc(F)c(F)c2)c(=O)c2sc(C(=O)O)cc21. The van der Waals surface area contributed by atoms with Crippen molar-refractivity contribution >= 4 is 27.5 Å². The van der Waals surface area contributed by atoms with E-state index in [1.54, 1.807) is 17.8 Å². The van der Waals surface area contributed by atoms with Crippen molar-refractivity contribution in [3.8, 4) is 0 Å². The fourth-order valence-corrected chi connectivity index (χ4v) is 3.42. The van der Waals surface area contributed by atoms with Crippen molar-refractivity contribution in [3.05, 3.63) is 68.3 Å². The molecule has 0 radical (unpaired) electrons. The molecule has 2 heterocycles. The summed E-state index contributed by atoms with van der Waals surface area (Å²) in [5, 5.41) is 9.05. The molecule has 0 spiro atoms. The van der Waals surface area contributed by atoms with Gasteiger partial charge in [-0.1, -0.05) is 6.07 Å². The molecule has 0 bridgehead atoms. The number of aryl methyl sites for hydroxylation is 1. The molecule has 0 unspecified atom stereocenters. The molecule has 3 aromatic rings. The van der Waals surface area contributed by atoms with Gasteiger partial charge in [0.05, 0.1) is 10.2 Å². The Bertz CT molecular complexity index is 991. The molecule has 0 atom stereocenters. The van der Waals surface area contributed by atoms with E-state index in [1.807, 2.05) is 0 Å². The number of pyridine rings is 1. The van der Waals surface area contributed by atoms with Gasteiger partial charge in [0.1, 0.15) is 4.88 Å². The van der Waals surface area contributed by atoms with Crippen molar-refractivity contribution in [1.29, 1.82) is 0 Å². The highest BCUT2D eigenvalue weighted by molar-refractivity contribution is 7.20. The Labute approximate surface area is 133 Å². The van der Waals surface area contributed by atoms with Crippen molar-refractivity contribution in [2.45, 2.75) is 6.42 Å². The second-order valence-electron chi connectivity index (χ2n) is 5.15. The molecule has 0 aliphatic rings. The molecule has 0 aliphatic heterocycles. The standard InChI is InChI=1S/C16H11F2NO3S/c1-19-7-9(4-8-2-3-10(17)11(18)5-8)14(20)15-12(19)6-13(23-15)16(21)22/h2-3,5-7H,4H2,1H3,(H,21,22). The number of carboxylic acid groups (broad SMARTS) is 1. The summed E-state index contributed by atoms with van der Waals surface area (Å²) in [5.41, 5.74) is 1.10. The van der Waals surface area contributed by atoms with Crippen LogP contribution in [0, 0.1) is 11.6 Å². The van der Waals surface area contributed by atoms with E-state index in [1.165, 1.54) is 12.1 Å². The maximum Gasteiger partial charge on any atom is 0.345 e. The van der Waals surface area contributed by atoms with Crippen LogP contribution in [0.3, 0.4) is 0 Å². The van der Waals surface area contributed by atoms with E-state index >= 15 is 0 Å². The van der Waals surface area contributed by atoms with Gasteiger partial charge in [-0.3, -0.25) is 4.79 Å². The van der Waals surface area contributed by atoms with Gasteiger partial charge in [-0.25, -0.2) is 13.6 Å². The molecule has 7 heteroatoms. The summed E-state index contributed by atoms with van der Waals surface area (Å²) >= 11 is 0.910. The number of hydrogen-bond donors (Lipinski definition) is 1. The zero-order chi connectivity index (χ0) is 16.7. The molecule has 3 rings (SSSR count). The predicted octanol–water partition coefficient (Wildman–Crippen LogP) is 3.17. The van der Waals surface area contributed by atoms with E-state index < -0.39 is 17.6 Å². The molecule has 23 heavy (non-hydrogen) atoms.